The number of rotatable bonds is 5. The van der Waals surface area contributed by atoms with Crippen LogP contribution >= 0.6 is 0 Å². The molecular formula is C16H16N4O2. The summed E-state index contributed by atoms with van der Waals surface area (Å²) in [5, 5.41) is 2.79. The van der Waals surface area contributed by atoms with Gasteiger partial charge in [-0.25, -0.2) is 4.98 Å². The average molecular weight is 296 g/mol. The third-order valence-electron chi connectivity index (χ3n) is 3.14. The van der Waals surface area contributed by atoms with Gasteiger partial charge in [0.05, 0.1) is 5.69 Å². The zero-order valence-electron chi connectivity index (χ0n) is 12.2. The van der Waals surface area contributed by atoms with E-state index in [0.717, 1.165) is 11.3 Å². The molecule has 112 valence electrons. The molecule has 3 aromatic rings. The van der Waals surface area contributed by atoms with Crippen molar-refractivity contribution in [2.45, 2.75) is 13.5 Å². The third kappa shape index (κ3) is 3.22. The molecule has 1 N–H and O–H groups in total. The lowest BCUT2D eigenvalue weighted by molar-refractivity contribution is -0.123. The standard InChI is InChI=1S/C16H16N4O2/c1-12-10-20-7-3-5-14(16(20)19-12)22-11-15(21)18-9-13-4-2-6-17-8-13/h2-8,10H,9,11H2,1H3,(H,18,21). The first kappa shape index (κ1) is 14.1. The van der Waals surface area contributed by atoms with Crippen LogP contribution in [-0.4, -0.2) is 26.9 Å². The molecule has 0 saturated carbocycles. The molecule has 0 aliphatic rings. The van der Waals surface area contributed by atoms with E-state index in [-0.39, 0.29) is 12.5 Å². The molecule has 0 aliphatic heterocycles. The Morgan fingerprint density at radius 2 is 2.27 bits per heavy atom. The maximum atomic E-state index is 11.8. The summed E-state index contributed by atoms with van der Waals surface area (Å²) < 4.78 is 7.45. The van der Waals surface area contributed by atoms with Gasteiger partial charge in [-0.1, -0.05) is 6.07 Å². The minimum absolute atomic E-state index is 0.0498. The van der Waals surface area contributed by atoms with E-state index in [9.17, 15) is 4.79 Å². The Hall–Kier alpha value is -2.89. The number of pyridine rings is 2. The second kappa shape index (κ2) is 6.26. The van der Waals surface area contributed by atoms with Crippen molar-refractivity contribution in [3.63, 3.8) is 0 Å². The van der Waals surface area contributed by atoms with Crippen molar-refractivity contribution in [1.29, 1.82) is 0 Å². The number of carbonyl (C=O) groups excluding carboxylic acids is 1. The number of aromatic nitrogens is 3. The van der Waals surface area contributed by atoms with Gasteiger partial charge in [0.25, 0.3) is 5.91 Å². The molecule has 0 unspecified atom stereocenters. The summed E-state index contributed by atoms with van der Waals surface area (Å²) in [7, 11) is 0. The van der Waals surface area contributed by atoms with Crippen LogP contribution in [0.2, 0.25) is 0 Å². The Kier molecular flexibility index (Phi) is 4.00. The van der Waals surface area contributed by atoms with Crippen LogP contribution in [0.5, 0.6) is 5.75 Å². The first-order valence-electron chi connectivity index (χ1n) is 6.95. The van der Waals surface area contributed by atoms with E-state index in [1.807, 2.05) is 41.9 Å². The summed E-state index contributed by atoms with van der Waals surface area (Å²) in [6.45, 7) is 2.30. The highest BCUT2D eigenvalue weighted by molar-refractivity contribution is 5.77. The van der Waals surface area contributed by atoms with Gasteiger partial charge in [0.2, 0.25) is 0 Å². The number of amides is 1. The summed E-state index contributed by atoms with van der Waals surface area (Å²) in [4.78, 5) is 20.2. The van der Waals surface area contributed by atoms with Crippen molar-refractivity contribution in [3.05, 3.63) is 60.3 Å². The Bertz CT molecular complexity index is 783. The predicted octanol–water partition coefficient (Wildman–Crippen LogP) is 1.73. The lowest BCUT2D eigenvalue weighted by Gasteiger charge is -2.08. The van der Waals surface area contributed by atoms with Crippen LogP contribution in [0.4, 0.5) is 0 Å². The number of carbonyl (C=O) groups is 1. The Morgan fingerprint density at radius 1 is 1.36 bits per heavy atom. The van der Waals surface area contributed by atoms with Crippen LogP contribution < -0.4 is 10.1 Å². The number of imidazole rings is 1. The van der Waals surface area contributed by atoms with Crippen LogP contribution in [0.1, 0.15) is 11.3 Å². The molecule has 0 saturated heterocycles. The van der Waals surface area contributed by atoms with Crippen molar-refractivity contribution < 1.29 is 9.53 Å². The zero-order valence-corrected chi connectivity index (χ0v) is 12.2. The summed E-state index contributed by atoms with van der Waals surface area (Å²) in [6, 6.07) is 7.40. The second-order valence-electron chi connectivity index (χ2n) is 4.91. The Morgan fingerprint density at radius 3 is 3.09 bits per heavy atom. The van der Waals surface area contributed by atoms with Crippen LogP contribution in [0.15, 0.2) is 49.1 Å². The average Bonchev–Trinajstić information content (AvgIpc) is 2.92. The molecule has 0 atom stereocenters. The maximum Gasteiger partial charge on any atom is 0.258 e. The molecule has 0 aliphatic carbocycles. The van der Waals surface area contributed by atoms with E-state index in [1.54, 1.807) is 18.5 Å². The lowest BCUT2D eigenvalue weighted by atomic mass is 10.3. The molecule has 0 spiro atoms. The molecule has 3 rings (SSSR count). The van der Waals surface area contributed by atoms with E-state index in [2.05, 4.69) is 15.3 Å². The van der Waals surface area contributed by atoms with Crippen molar-refractivity contribution in [2.24, 2.45) is 0 Å². The van der Waals surface area contributed by atoms with Crippen LogP contribution in [-0.2, 0) is 11.3 Å². The van der Waals surface area contributed by atoms with Crippen molar-refractivity contribution >= 4 is 11.6 Å². The predicted molar refractivity (Wildman–Crippen MR) is 81.5 cm³/mol. The second-order valence-corrected chi connectivity index (χ2v) is 4.91. The monoisotopic (exact) mass is 296 g/mol. The van der Waals surface area contributed by atoms with Gasteiger partial charge in [0.1, 0.15) is 0 Å². The molecule has 6 heteroatoms. The van der Waals surface area contributed by atoms with E-state index in [1.165, 1.54) is 0 Å². The Labute approximate surface area is 127 Å². The van der Waals surface area contributed by atoms with Gasteiger partial charge >= 0.3 is 0 Å². The summed E-state index contributed by atoms with van der Waals surface area (Å²) in [5.41, 5.74) is 2.55. The zero-order chi connectivity index (χ0) is 15.4. The molecule has 0 fully saturated rings. The number of hydrogen-bond donors (Lipinski definition) is 1. The first-order chi connectivity index (χ1) is 10.7. The number of fused-ring (bicyclic) bond motifs is 1. The van der Waals surface area contributed by atoms with Gasteiger partial charge in [0, 0.05) is 31.3 Å². The summed E-state index contributed by atoms with van der Waals surface area (Å²) in [6.07, 6.45) is 7.21. The maximum absolute atomic E-state index is 11.8. The highest BCUT2D eigenvalue weighted by Crippen LogP contribution is 2.18. The van der Waals surface area contributed by atoms with E-state index < -0.39 is 0 Å². The largest absolute Gasteiger partial charge is 0.480 e. The van der Waals surface area contributed by atoms with E-state index in [0.29, 0.717) is 17.9 Å². The lowest BCUT2D eigenvalue weighted by Crippen LogP contribution is -2.28. The topological polar surface area (TPSA) is 68.5 Å². The van der Waals surface area contributed by atoms with E-state index >= 15 is 0 Å². The summed E-state index contributed by atoms with van der Waals surface area (Å²) >= 11 is 0. The quantitative estimate of drug-likeness (QED) is 0.778. The highest BCUT2D eigenvalue weighted by Gasteiger charge is 2.08. The summed E-state index contributed by atoms with van der Waals surface area (Å²) in [5.74, 6) is 0.404. The van der Waals surface area contributed by atoms with Gasteiger partial charge < -0.3 is 14.5 Å². The molecule has 3 aromatic heterocycles. The number of aryl methyl sites for hydroxylation is 1. The van der Waals surface area contributed by atoms with E-state index in [4.69, 9.17) is 4.74 Å². The van der Waals surface area contributed by atoms with Crippen molar-refractivity contribution in [3.8, 4) is 5.75 Å². The van der Waals surface area contributed by atoms with Crippen molar-refractivity contribution in [1.82, 2.24) is 19.7 Å². The first-order valence-corrected chi connectivity index (χ1v) is 6.95. The highest BCUT2D eigenvalue weighted by atomic mass is 16.5. The van der Waals surface area contributed by atoms with Gasteiger partial charge in [0.15, 0.2) is 18.0 Å². The fourth-order valence-corrected chi connectivity index (χ4v) is 2.12. The van der Waals surface area contributed by atoms with Gasteiger partial charge in [-0.3, -0.25) is 9.78 Å². The molecule has 1 amide bonds. The molecule has 3 heterocycles. The molecule has 0 aromatic carbocycles. The number of nitrogens with one attached hydrogen (secondary N) is 1. The minimum Gasteiger partial charge on any atom is -0.480 e. The Balaban J connectivity index is 1.58. The fraction of sp³-hybridized carbons (Fsp3) is 0.188. The smallest absolute Gasteiger partial charge is 0.258 e. The normalized spacial score (nSPS) is 10.6. The minimum atomic E-state index is -0.186. The van der Waals surface area contributed by atoms with Crippen LogP contribution in [0, 0.1) is 6.92 Å². The van der Waals surface area contributed by atoms with Crippen molar-refractivity contribution in [2.75, 3.05) is 6.61 Å². The van der Waals surface area contributed by atoms with Gasteiger partial charge in [-0.15, -0.1) is 0 Å². The third-order valence-corrected chi connectivity index (χ3v) is 3.14. The van der Waals surface area contributed by atoms with Crippen LogP contribution in [0.25, 0.3) is 5.65 Å². The molecule has 22 heavy (non-hydrogen) atoms. The number of nitrogens with zero attached hydrogens (tertiary/aromatic N) is 3. The van der Waals surface area contributed by atoms with Crippen LogP contribution in [0.3, 0.4) is 0 Å². The van der Waals surface area contributed by atoms with Gasteiger partial charge in [-0.05, 0) is 30.7 Å². The SMILES string of the molecule is Cc1cn2cccc(OCC(=O)NCc3cccnc3)c2n1. The number of hydrogen-bond acceptors (Lipinski definition) is 4. The molecule has 6 nitrogen and oxygen atoms in total. The fourth-order valence-electron chi connectivity index (χ4n) is 2.12. The molecular weight excluding hydrogens is 280 g/mol. The van der Waals surface area contributed by atoms with Gasteiger partial charge in [-0.2, -0.15) is 0 Å². The molecule has 0 bridgehead atoms. The number of ether oxygens (including phenoxy) is 1. The molecule has 0 radical (unpaired) electrons.